The molecule has 0 saturated heterocycles. The summed E-state index contributed by atoms with van der Waals surface area (Å²) in [5.74, 6) is 0. The van der Waals surface area contributed by atoms with Crippen molar-refractivity contribution in [2.24, 2.45) is 4.99 Å². The minimum absolute atomic E-state index is 0.449. The molecule has 2 aromatic carbocycles. The zero-order valence-corrected chi connectivity index (χ0v) is 14.2. The first-order valence-electron chi connectivity index (χ1n) is 7.82. The maximum atomic E-state index is 13.1. The number of fused-ring (bicyclic) bond motifs is 4. The summed E-state index contributed by atoms with van der Waals surface area (Å²) in [7, 11) is 0. The van der Waals surface area contributed by atoms with Crippen LogP contribution in [0.2, 0.25) is 0 Å². The summed E-state index contributed by atoms with van der Waals surface area (Å²) in [6, 6.07) is 16.6. The molecule has 3 heterocycles. The van der Waals surface area contributed by atoms with Crippen molar-refractivity contribution in [1.82, 2.24) is 0 Å². The Hall–Kier alpha value is -2.14. The molecule has 1 spiro atoms. The molecule has 0 fully saturated rings. The highest BCUT2D eigenvalue weighted by atomic mass is 32.2. The van der Waals surface area contributed by atoms with Crippen LogP contribution in [0.3, 0.4) is 0 Å². The maximum Gasteiger partial charge on any atom is 0.246 e. The van der Waals surface area contributed by atoms with E-state index >= 15 is 0 Å². The van der Waals surface area contributed by atoms with Gasteiger partial charge in [-0.3, -0.25) is 0 Å². The van der Waals surface area contributed by atoms with Crippen LogP contribution >= 0.6 is 11.3 Å². The van der Waals surface area contributed by atoms with Gasteiger partial charge in [0.1, 0.15) is 5.41 Å². The van der Waals surface area contributed by atoms with Crippen LogP contribution in [0.25, 0.3) is 16.2 Å². The summed E-state index contributed by atoms with van der Waals surface area (Å²) in [4.78, 5) is 6.77. The SMILES string of the molecule is [O-][S+]1C2=NC=C3C=Cc4c(sc5ccccc45)C32c2ccccc21. The van der Waals surface area contributed by atoms with Gasteiger partial charge in [-0.2, -0.15) is 0 Å². The van der Waals surface area contributed by atoms with Gasteiger partial charge in [0, 0.05) is 37.9 Å². The molecule has 0 amide bonds. The highest BCUT2D eigenvalue weighted by Gasteiger charge is 2.61. The van der Waals surface area contributed by atoms with Gasteiger partial charge < -0.3 is 4.55 Å². The zero-order valence-electron chi connectivity index (χ0n) is 12.5. The lowest BCUT2D eigenvalue weighted by Gasteiger charge is -2.28. The molecule has 6 rings (SSSR count). The van der Waals surface area contributed by atoms with Gasteiger partial charge in [-0.1, -0.05) is 48.6 Å². The summed E-state index contributed by atoms with van der Waals surface area (Å²) < 4.78 is 14.3. The maximum absolute atomic E-state index is 13.1. The number of benzene rings is 2. The van der Waals surface area contributed by atoms with E-state index < -0.39 is 16.6 Å². The van der Waals surface area contributed by atoms with Crippen molar-refractivity contribution < 1.29 is 4.55 Å². The average molecular weight is 345 g/mol. The van der Waals surface area contributed by atoms with E-state index in [1.165, 1.54) is 20.5 Å². The highest BCUT2D eigenvalue weighted by Crippen LogP contribution is 2.58. The quantitative estimate of drug-likeness (QED) is 0.547. The number of hydrogen-bond donors (Lipinski definition) is 0. The average Bonchev–Trinajstić information content (AvgIpc) is 3.25. The number of nitrogens with zero attached hydrogens (tertiary/aromatic N) is 1. The van der Waals surface area contributed by atoms with Gasteiger partial charge in [0.25, 0.3) is 0 Å². The third-order valence-electron chi connectivity index (χ3n) is 5.15. The van der Waals surface area contributed by atoms with Gasteiger partial charge in [-0.05, 0) is 23.3 Å². The second-order valence-corrected chi connectivity index (χ2v) is 8.62. The molecule has 2 unspecified atom stereocenters. The van der Waals surface area contributed by atoms with Crippen LogP contribution in [0, 0.1) is 0 Å². The molecule has 0 N–H and O–H groups in total. The van der Waals surface area contributed by atoms with Gasteiger partial charge in [0.15, 0.2) is 4.90 Å². The van der Waals surface area contributed by atoms with Crippen molar-refractivity contribution in [3.8, 4) is 0 Å². The molecule has 4 heteroatoms. The Labute approximate surface area is 146 Å². The molecule has 3 aliphatic rings. The molecule has 1 aliphatic carbocycles. The van der Waals surface area contributed by atoms with Gasteiger partial charge in [-0.15, -0.1) is 11.3 Å². The molecular formula is C20H11NOS2. The Morgan fingerprint density at radius 2 is 1.83 bits per heavy atom. The molecule has 0 saturated carbocycles. The third-order valence-corrected chi connectivity index (χ3v) is 7.97. The van der Waals surface area contributed by atoms with Crippen molar-refractivity contribution in [3.05, 3.63) is 82.4 Å². The summed E-state index contributed by atoms with van der Waals surface area (Å²) in [6.45, 7) is 0. The van der Waals surface area contributed by atoms with E-state index in [0.717, 1.165) is 21.1 Å². The van der Waals surface area contributed by atoms with E-state index in [1.807, 2.05) is 24.4 Å². The van der Waals surface area contributed by atoms with Crippen molar-refractivity contribution in [2.45, 2.75) is 10.3 Å². The van der Waals surface area contributed by atoms with E-state index in [-0.39, 0.29) is 0 Å². The van der Waals surface area contributed by atoms with E-state index in [4.69, 9.17) is 0 Å². The second kappa shape index (κ2) is 4.28. The number of hydrogen-bond acceptors (Lipinski definition) is 3. The van der Waals surface area contributed by atoms with Gasteiger partial charge in [0.05, 0.1) is 0 Å². The molecule has 114 valence electrons. The minimum atomic E-state index is -1.19. The van der Waals surface area contributed by atoms with E-state index in [0.29, 0.717) is 0 Å². The Balaban J connectivity index is 1.80. The monoisotopic (exact) mass is 345 g/mol. The van der Waals surface area contributed by atoms with Gasteiger partial charge in [0.2, 0.25) is 5.04 Å². The molecule has 3 aromatic rings. The van der Waals surface area contributed by atoms with Crippen molar-refractivity contribution >= 4 is 43.7 Å². The van der Waals surface area contributed by atoms with Crippen molar-refractivity contribution in [3.63, 3.8) is 0 Å². The van der Waals surface area contributed by atoms with Crippen LogP contribution in [0.15, 0.2) is 76.3 Å². The first-order valence-corrected chi connectivity index (χ1v) is 9.79. The molecule has 2 atom stereocenters. The molecule has 2 aliphatic heterocycles. The fourth-order valence-corrected chi connectivity index (χ4v) is 7.22. The topological polar surface area (TPSA) is 35.4 Å². The second-order valence-electron chi connectivity index (χ2n) is 6.21. The largest absolute Gasteiger partial charge is 0.605 e. The Morgan fingerprint density at radius 1 is 1.00 bits per heavy atom. The minimum Gasteiger partial charge on any atom is -0.605 e. The Bertz CT molecular complexity index is 1140. The first-order chi connectivity index (χ1) is 11.8. The smallest absolute Gasteiger partial charge is 0.246 e. The standard InChI is InChI=1S/C20H11NOS2/c22-24-17-8-4-2-6-15(17)20-12(11-21-19(20)24)9-10-14-13-5-1-3-7-16(13)23-18(14)20/h1-11H. The Morgan fingerprint density at radius 3 is 2.79 bits per heavy atom. The fraction of sp³-hybridized carbons (Fsp3) is 0.0500. The van der Waals surface area contributed by atoms with Gasteiger partial charge >= 0.3 is 0 Å². The molecule has 2 nitrogen and oxygen atoms in total. The lowest BCUT2D eigenvalue weighted by atomic mass is 9.71. The third kappa shape index (κ3) is 1.29. The van der Waals surface area contributed by atoms with E-state index in [2.05, 4.69) is 47.5 Å². The van der Waals surface area contributed by atoms with E-state index in [9.17, 15) is 4.55 Å². The van der Waals surface area contributed by atoms with Crippen LogP contribution in [-0.2, 0) is 16.6 Å². The van der Waals surface area contributed by atoms with Crippen LogP contribution in [-0.4, -0.2) is 9.60 Å². The normalized spacial score (nSPS) is 25.8. The summed E-state index contributed by atoms with van der Waals surface area (Å²) in [5.41, 5.74) is 3.06. The number of allylic oxidation sites excluding steroid dienone is 2. The number of thiophene rings is 1. The predicted octanol–water partition coefficient (Wildman–Crippen LogP) is 4.63. The number of rotatable bonds is 0. The van der Waals surface area contributed by atoms with Crippen molar-refractivity contribution in [1.29, 1.82) is 0 Å². The lowest BCUT2D eigenvalue weighted by Crippen LogP contribution is -2.35. The molecule has 0 radical (unpaired) electrons. The molecule has 0 bridgehead atoms. The molecular weight excluding hydrogens is 334 g/mol. The summed E-state index contributed by atoms with van der Waals surface area (Å²) in [6.07, 6.45) is 6.23. The number of aliphatic imine (C=N–C) groups is 1. The van der Waals surface area contributed by atoms with Crippen LogP contribution in [0.1, 0.15) is 16.0 Å². The van der Waals surface area contributed by atoms with Crippen LogP contribution in [0.5, 0.6) is 0 Å². The molecule has 24 heavy (non-hydrogen) atoms. The summed E-state index contributed by atoms with van der Waals surface area (Å²) >= 11 is 0.613. The van der Waals surface area contributed by atoms with E-state index in [1.54, 1.807) is 11.3 Å². The lowest BCUT2D eigenvalue weighted by molar-refractivity contribution is 0.607. The van der Waals surface area contributed by atoms with Crippen LogP contribution < -0.4 is 0 Å². The fourth-order valence-electron chi connectivity index (χ4n) is 4.15. The zero-order chi connectivity index (χ0) is 15.9. The predicted molar refractivity (Wildman–Crippen MR) is 100 cm³/mol. The summed E-state index contributed by atoms with van der Waals surface area (Å²) in [5, 5.41) is 2.04. The Kier molecular flexibility index (Phi) is 2.35. The van der Waals surface area contributed by atoms with Gasteiger partial charge in [-0.25, -0.2) is 4.99 Å². The van der Waals surface area contributed by atoms with Crippen LogP contribution in [0.4, 0.5) is 0 Å². The van der Waals surface area contributed by atoms with Crippen molar-refractivity contribution in [2.75, 3.05) is 0 Å². The first kappa shape index (κ1) is 13.2. The molecule has 1 aromatic heterocycles. The highest BCUT2D eigenvalue weighted by molar-refractivity contribution is 8.07.